The number of carbonyl (C=O) groups is 3. The number of nitrogens with one attached hydrogen (secondary N) is 1. The number of ether oxygens (including phenoxy) is 1. The molecule has 0 saturated carbocycles. The zero-order chi connectivity index (χ0) is 31.3. The summed E-state index contributed by atoms with van der Waals surface area (Å²) in [5, 5.41) is 2.06. The molecule has 1 saturated heterocycles. The number of carbonyl (C=O) groups excluding carboxylic acids is 3. The van der Waals surface area contributed by atoms with Crippen molar-refractivity contribution in [3.8, 4) is 5.75 Å². The maximum Gasteiger partial charge on any atom is 0.416 e. The quantitative estimate of drug-likeness (QED) is 0.243. The van der Waals surface area contributed by atoms with E-state index in [1.807, 2.05) is 0 Å². The summed E-state index contributed by atoms with van der Waals surface area (Å²) in [6.07, 6.45) is -4.67. The molecule has 4 aromatic rings. The summed E-state index contributed by atoms with van der Waals surface area (Å²) in [5.74, 6) is -2.99. The van der Waals surface area contributed by atoms with Gasteiger partial charge in [0, 0.05) is 21.0 Å². The van der Waals surface area contributed by atoms with Gasteiger partial charge >= 0.3 is 11.0 Å². The molecule has 226 valence electrons. The minimum Gasteiger partial charge on any atom is -0.497 e. The molecule has 3 atom stereocenters. The standard InChI is InChI=1S/C30H21BrF3N3O5S2/c1-42-20-10-8-18(9-11-20)35-21(38)14-36-28-25(44-29(36)41)22(15-4-2-6-17(31)12-15)23-24(43-28)27(40)37(26(23)39)19-7-3-5-16(13-19)30(32,33)34/h2-13,22-24H,14H2,1H3,(H,35,38)/t22-,23?,24?/m1/s1. The first kappa shape index (κ1) is 30.2. The smallest absolute Gasteiger partial charge is 0.416 e. The molecule has 3 amide bonds. The number of rotatable bonds is 6. The van der Waals surface area contributed by atoms with Gasteiger partial charge in [0.2, 0.25) is 17.7 Å². The van der Waals surface area contributed by atoms with Gasteiger partial charge in [0.05, 0.1) is 29.3 Å². The first-order valence-corrected chi connectivity index (χ1v) is 15.6. The van der Waals surface area contributed by atoms with Crippen LogP contribution in [0.5, 0.6) is 5.75 Å². The van der Waals surface area contributed by atoms with Crippen LogP contribution in [-0.2, 0) is 27.1 Å². The van der Waals surface area contributed by atoms with Crippen molar-refractivity contribution >= 4 is 68.1 Å². The Morgan fingerprint density at radius 2 is 1.73 bits per heavy atom. The van der Waals surface area contributed by atoms with Crippen molar-refractivity contribution in [3.05, 3.63) is 103 Å². The van der Waals surface area contributed by atoms with Crippen molar-refractivity contribution in [2.75, 3.05) is 17.3 Å². The fourth-order valence-corrected chi connectivity index (χ4v) is 8.60. The molecule has 0 radical (unpaired) electrons. The summed E-state index contributed by atoms with van der Waals surface area (Å²) in [4.78, 5) is 55.0. The molecule has 0 bridgehead atoms. The minimum absolute atomic E-state index is 0.183. The van der Waals surface area contributed by atoms with Crippen LogP contribution >= 0.6 is 39.0 Å². The second kappa shape index (κ2) is 11.6. The topological polar surface area (TPSA) is 97.7 Å². The zero-order valence-corrected chi connectivity index (χ0v) is 25.9. The van der Waals surface area contributed by atoms with Gasteiger partial charge in [-0.1, -0.05) is 57.2 Å². The van der Waals surface area contributed by atoms with Gasteiger partial charge in [-0.2, -0.15) is 13.2 Å². The largest absolute Gasteiger partial charge is 0.497 e. The Bertz CT molecular complexity index is 1860. The summed E-state index contributed by atoms with van der Waals surface area (Å²) in [5.41, 5.74) is -0.0464. The Kier molecular flexibility index (Phi) is 7.92. The van der Waals surface area contributed by atoms with E-state index in [1.54, 1.807) is 48.5 Å². The van der Waals surface area contributed by atoms with E-state index >= 15 is 0 Å². The van der Waals surface area contributed by atoms with Gasteiger partial charge in [0.25, 0.3) is 0 Å². The number of nitrogens with zero attached hydrogens (tertiary/aromatic N) is 2. The molecule has 2 aliphatic heterocycles. The van der Waals surface area contributed by atoms with Crippen LogP contribution in [0, 0.1) is 5.92 Å². The third kappa shape index (κ3) is 5.46. The molecule has 8 nitrogen and oxygen atoms in total. The second-order valence-corrected chi connectivity index (χ2v) is 13.1. The number of hydrogen-bond donors (Lipinski definition) is 1. The first-order chi connectivity index (χ1) is 21.0. The van der Waals surface area contributed by atoms with Crippen LogP contribution in [0.4, 0.5) is 24.5 Å². The highest BCUT2D eigenvalue weighted by molar-refractivity contribution is 9.10. The molecule has 2 aliphatic rings. The summed E-state index contributed by atoms with van der Waals surface area (Å²) in [6, 6.07) is 17.8. The van der Waals surface area contributed by atoms with Gasteiger partial charge in [0.1, 0.15) is 17.5 Å². The van der Waals surface area contributed by atoms with Crippen LogP contribution in [-0.4, -0.2) is 34.6 Å². The molecule has 3 heterocycles. The van der Waals surface area contributed by atoms with Crippen LogP contribution in [0.1, 0.15) is 21.9 Å². The highest BCUT2D eigenvalue weighted by Crippen LogP contribution is 2.54. The highest BCUT2D eigenvalue weighted by atomic mass is 79.9. The number of thioether (sulfide) groups is 1. The number of fused-ring (bicyclic) bond motifs is 2. The third-order valence-corrected chi connectivity index (χ3v) is 10.5. The van der Waals surface area contributed by atoms with Crippen molar-refractivity contribution in [2.24, 2.45) is 5.92 Å². The van der Waals surface area contributed by atoms with E-state index in [-0.39, 0.29) is 12.2 Å². The molecule has 2 unspecified atom stereocenters. The molecule has 6 rings (SSSR count). The number of aromatic nitrogens is 1. The Labute approximate surface area is 265 Å². The lowest BCUT2D eigenvalue weighted by Gasteiger charge is -2.30. The number of methoxy groups -OCH3 is 1. The molecule has 1 fully saturated rings. The molecule has 3 aromatic carbocycles. The number of imide groups is 1. The molecule has 1 N–H and O–H groups in total. The number of hydrogen-bond acceptors (Lipinski definition) is 7. The maximum absolute atomic E-state index is 14.0. The van der Waals surface area contributed by atoms with Crippen molar-refractivity contribution in [3.63, 3.8) is 0 Å². The lowest BCUT2D eigenvalue weighted by molar-refractivity contribution is -0.137. The van der Waals surface area contributed by atoms with Crippen molar-refractivity contribution in [1.29, 1.82) is 0 Å². The fraction of sp³-hybridized carbons (Fsp3) is 0.200. The van der Waals surface area contributed by atoms with E-state index in [1.165, 1.54) is 17.7 Å². The molecule has 0 spiro atoms. The van der Waals surface area contributed by atoms with Crippen molar-refractivity contribution in [1.82, 2.24) is 4.57 Å². The summed E-state index contributed by atoms with van der Waals surface area (Å²) < 4.78 is 47.6. The summed E-state index contributed by atoms with van der Waals surface area (Å²) in [7, 11) is 1.52. The van der Waals surface area contributed by atoms with Gasteiger partial charge in [-0.25, -0.2) is 4.90 Å². The molecule has 14 heteroatoms. The Morgan fingerprint density at radius 1 is 1.00 bits per heavy atom. The van der Waals surface area contributed by atoms with E-state index in [0.717, 1.165) is 46.2 Å². The monoisotopic (exact) mass is 703 g/mol. The van der Waals surface area contributed by atoms with Gasteiger partial charge in [0.15, 0.2) is 0 Å². The maximum atomic E-state index is 14.0. The van der Waals surface area contributed by atoms with Crippen molar-refractivity contribution in [2.45, 2.75) is 28.9 Å². The van der Waals surface area contributed by atoms with Gasteiger partial charge in [-0.05, 0) is 60.2 Å². The predicted molar refractivity (Wildman–Crippen MR) is 163 cm³/mol. The van der Waals surface area contributed by atoms with Crippen LogP contribution in [0.15, 0.2) is 87.1 Å². The van der Waals surface area contributed by atoms with E-state index in [0.29, 0.717) is 31.4 Å². The van der Waals surface area contributed by atoms with E-state index in [4.69, 9.17) is 4.74 Å². The Balaban J connectivity index is 1.39. The highest BCUT2D eigenvalue weighted by Gasteiger charge is 2.57. The predicted octanol–water partition coefficient (Wildman–Crippen LogP) is 6.13. The average molecular weight is 705 g/mol. The molecule has 0 aliphatic carbocycles. The van der Waals surface area contributed by atoms with Crippen LogP contribution in [0.3, 0.4) is 0 Å². The minimum atomic E-state index is -4.67. The van der Waals surface area contributed by atoms with Crippen LogP contribution < -0.4 is 19.8 Å². The van der Waals surface area contributed by atoms with Crippen LogP contribution in [0.25, 0.3) is 0 Å². The number of benzene rings is 3. The lowest BCUT2D eigenvalue weighted by atomic mass is 9.83. The number of amides is 3. The van der Waals surface area contributed by atoms with E-state index in [9.17, 15) is 32.3 Å². The van der Waals surface area contributed by atoms with Crippen LogP contribution in [0.2, 0.25) is 0 Å². The zero-order valence-electron chi connectivity index (χ0n) is 22.6. The van der Waals surface area contributed by atoms with E-state index in [2.05, 4.69) is 21.2 Å². The number of anilines is 2. The van der Waals surface area contributed by atoms with Gasteiger partial charge in [-0.15, -0.1) is 0 Å². The molecule has 44 heavy (non-hydrogen) atoms. The number of thiazole rings is 1. The number of alkyl halides is 3. The Hall–Kier alpha value is -3.88. The Morgan fingerprint density at radius 3 is 2.41 bits per heavy atom. The summed E-state index contributed by atoms with van der Waals surface area (Å²) in [6.45, 7) is -0.355. The van der Waals surface area contributed by atoms with Gasteiger partial charge in [-0.3, -0.25) is 23.7 Å². The average Bonchev–Trinajstić information content (AvgIpc) is 3.43. The number of halogens is 4. The SMILES string of the molecule is COc1ccc(NC(=O)Cn2c3c(sc2=O)[C@H](c2cccc(Br)c2)C2C(=O)N(c4cccc(C(F)(F)F)c4)C(=O)C2S3)cc1. The third-order valence-electron chi connectivity index (χ3n) is 7.36. The molecule has 1 aromatic heterocycles. The second-order valence-electron chi connectivity index (χ2n) is 10.1. The van der Waals surface area contributed by atoms with Gasteiger partial charge < -0.3 is 10.1 Å². The molecular weight excluding hydrogens is 683 g/mol. The normalized spacial score (nSPS) is 19.5. The van der Waals surface area contributed by atoms with E-state index < -0.39 is 51.4 Å². The van der Waals surface area contributed by atoms with Crippen molar-refractivity contribution < 1.29 is 32.3 Å². The fourth-order valence-electron chi connectivity index (χ4n) is 5.41. The molecular formula is C30H21BrF3N3O5S2. The first-order valence-electron chi connectivity index (χ1n) is 13.1. The lowest BCUT2D eigenvalue weighted by Crippen LogP contribution is -2.33. The summed E-state index contributed by atoms with van der Waals surface area (Å²) >= 11 is 5.30.